The second kappa shape index (κ2) is 9.32. The molecule has 2 aromatic carbocycles. The number of benzene rings is 2. The maximum absolute atomic E-state index is 12.7. The van der Waals surface area contributed by atoms with E-state index in [0.29, 0.717) is 32.1 Å². The Morgan fingerprint density at radius 3 is 2.47 bits per heavy atom. The Morgan fingerprint density at radius 1 is 1.03 bits per heavy atom. The van der Waals surface area contributed by atoms with Gasteiger partial charge in [0.15, 0.2) is 0 Å². The number of para-hydroxylation sites is 2. The number of hydrogen-bond acceptors (Lipinski definition) is 6. The van der Waals surface area contributed by atoms with E-state index in [4.69, 9.17) is 14.2 Å². The van der Waals surface area contributed by atoms with Crippen molar-refractivity contribution in [3.8, 4) is 17.2 Å². The van der Waals surface area contributed by atoms with Crippen LogP contribution in [0.3, 0.4) is 0 Å². The molecule has 1 heterocycles. The van der Waals surface area contributed by atoms with Crippen molar-refractivity contribution in [3.63, 3.8) is 0 Å². The molecule has 0 saturated heterocycles. The van der Waals surface area contributed by atoms with Crippen LogP contribution in [0.1, 0.15) is 5.56 Å². The van der Waals surface area contributed by atoms with Gasteiger partial charge in [-0.1, -0.05) is 12.1 Å². The number of thiazole rings is 1. The van der Waals surface area contributed by atoms with Gasteiger partial charge in [0, 0.05) is 24.8 Å². The highest BCUT2D eigenvalue weighted by molar-refractivity contribution is 7.07. The normalized spacial score (nSPS) is 12.0. The molecule has 0 atom stereocenters. The van der Waals surface area contributed by atoms with Crippen LogP contribution < -0.4 is 34.3 Å². The van der Waals surface area contributed by atoms with Crippen molar-refractivity contribution >= 4 is 35.1 Å². The molecule has 8 heteroatoms. The van der Waals surface area contributed by atoms with E-state index in [2.05, 4.69) is 5.32 Å². The molecule has 1 amide bonds. The maximum Gasteiger partial charge on any atom is 0.268 e. The fourth-order valence-electron chi connectivity index (χ4n) is 2.82. The van der Waals surface area contributed by atoms with Gasteiger partial charge in [0.25, 0.3) is 11.5 Å². The predicted octanol–water partition coefficient (Wildman–Crippen LogP) is 1.72. The van der Waals surface area contributed by atoms with E-state index in [1.807, 2.05) is 12.1 Å². The smallest absolute Gasteiger partial charge is 0.268 e. The van der Waals surface area contributed by atoms with Gasteiger partial charge in [0.1, 0.15) is 21.9 Å². The number of nitrogens with one attached hydrogen (secondary N) is 1. The minimum Gasteiger partial charge on any atom is -0.497 e. The van der Waals surface area contributed by atoms with Crippen molar-refractivity contribution in [1.29, 1.82) is 0 Å². The second-order valence-electron chi connectivity index (χ2n) is 6.25. The molecule has 3 aromatic rings. The maximum atomic E-state index is 12.7. The zero-order valence-electron chi connectivity index (χ0n) is 17.1. The molecule has 30 heavy (non-hydrogen) atoms. The average molecular weight is 426 g/mol. The number of anilines is 1. The highest BCUT2D eigenvalue weighted by Gasteiger charge is 2.08. The monoisotopic (exact) mass is 426 g/mol. The minimum absolute atomic E-state index is 0.200. The fourth-order valence-corrected chi connectivity index (χ4v) is 3.84. The van der Waals surface area contributed by atoms with Gasteiger partial charge in [-0.25, -0.2) is 0 Å². The highest BCUT2D eigenvalue weighted by atomic mass is 32.1. The van der Waals surface area contributed by atoms with Gasteiger partial charge in [0.2, 0.25) is 0 Å². The Morgan fingerprint density at radius 2 is 1.77 bits per heavy atom. The zero-order chi connectivity index (χ0) is 21.7. The predicted molar refractivity (Wildman–Crippen MR) is 118 cm³/mol. The summed E-state index contributed by atoms with van der Waals surface area (Å²) < 4.78 is 18.3. The Kier molecular flexibility index (Phi) is 6.58. The molecule has 0 saturated carbocycles. The fraction of sp³-hybridized carbons (Fsp3) is 0.182. The van der Waals surface area contributed by atoms with E-state index in [1.165, 1.54) is 29.1 Å². The highest BCUT2D eigenvalue weighted by Crippen LogP contribution is 2.25. The summed E-state index contributed by atoms with van der Waals surface area (Å²) in [5.41, 5.74) is 1.09. The molecule has 1 aromatic heterocycles. The Balaban J connectivity index is 1.98. The summed E-state index contributed by atoms with van der Waals surface area (Å²) in [6.45, 7) is 0. The van der Waals surface area contributed by atoms with Gasteiger partial charge >= 0.3 is 0 Å². The van der Waals surface area contributed by atoms with Crippen LogP contribution in [0.2, 0.25) is 0 Å². The molecule has 156 valence electrons. The summed E-state index contributed by atoms with van der Waals surface area (Å²) in [5.74, 6) is 1.44. The van der Waals surface area contributed by atoms with Gasteiger partial charge in [-0.3, -0.25) is 9.59 Å². The number of nitrogens with zero attached hydrogens (tertiary/aromatic N) is 1. The van der Waals surface area contributed by atoms with Gasteiger partial charge in [0.05, 0.1) is 31.5 Å². The number of amides is 1. The van der Waals surface area contributed by atoms with E-state index in [-0.39, 0.29) is 11.5 Å². The topological polar surface area (TPSA) is 78.8 Å². The quantitative estimate of drug-likeness (QED) is 0.649. The molecule has 0 aliphatic heterocycles. The lowest BCUT2D eigenvalue weighted by Gasteiger charge is -2.07. The van der Waals surface area contributed by atoms with E-state index in [1.54, 1.807) is 57.7 Å². The molecule has 0 aliphatic carbocycles. The average Bonchev–Trinajstić information content (AvgIpc) is 3.02. The Hall–Kier alpha value is -3.52. The van der Waals surface area contributed by atoms with Gasteiger partial charge in [-0.05, 0) is 30.3 Å². The van der Waals surface area contributed by atoms with Gasteiger partial charge in [-0.2, -0.15) is 0 Å². The van der Waals surface area contributed by atoms with Crippen LogP contribution in [0.25, 0.3) is 12.2 Å². The van der Waals surface area contributed by atoms with E-state index >= 15 is 0 Å². The van der Waals surface area contributed by atoms with Crippen LogP contribution in [0, 0.1) is 0 Å². The van der Waals surface area contributed by atoms with Crippen molar-refractivity contribution in [2.75, 3.05) is 26.6 Å². The third-order valence-electron chi connectivity index (χ3n) is 4.41. The van der Waals surface area contributed by atoms with Crippen LogP contribution in [-0.2, 0) is 11.8 Å². The first kappa shape index (κ1) is 21.2. The second-order valence-corrected chi connectivity index (χ2v) is 7.32. The summed E-state index contributed by atoms with van der Waals surface area (Å²) in [4.78, 5) is 25.1. The molecule has 0 aliphatic rings. The number of rotatable bonds is 6. The van der Waals surface area contributed by atoms with Crippen molar-refractivity contribution in [2.45, 2.75) is 0 Å². The molecule has 7 nitrogen and oxygen atoms in total. The Bertz CT molecular complexity index is 1240. The first-order valence-corrected chi connectivity index (χ1v) is 9.83. The van der Waals surface area contributed by atoms with Crippen molar-refractivity contribution < 1.29 is 19.0 Å². The van der Waals surface area contributed by atoms with Crippen LogP contribution in [-0.4, -0.2) is 31.8 Å². The molecular weight excluding hydrogens is 404 g/mol. The van der Waals surface area contributed by atoms with Crippen LogP contribution in [0.4, 0.5) is 5.69 Å². The van der Waals surface area contributed by atoms with Gasteiger partial charge in [-0.15, -0.1) is 11.3 Å². The first-order chi connectivity index (χ1) is 14.5. The number of carbonyl (C=O) groups excluding carboxylic acids is 1. The molecule has 0 radical (unpaired) electrons. The molecule has 0 fully saturated rings. The number of methoxy groups -OCH3 is 3. The summed E-state index contributed by atoms with van der Waals surface area (Å²) in [5, 5.41) is 2.77. The number of hydrogen-bond donors (Lipinski definition) is 1. The van der Waals surface area contributed by atoms with Crippen LogP contribution in [0.5, 0.6) is 17.2 Å². The van der Waals surface area contributed by atoms with Crippen molar-refractivity contribution in [2.24, 2.45) is 7.05 Å². The van der Waals surface area contributed by atoms with Crippen molar-refractivity contribution in [1.82, 2.24) is 4.57 Å². The summed E-state index contributed by atoms with van der Waals surface area (Å²) in [7, 11) is 6.29. The van der Waals surface area contributed by atoms with Crippen molar-refractivity contribution in [3.05, 3.63) is 67.6 Å². The lowest BCUT2D eigenvalue weighted by atomic mass is 10.2. The van der Waals surface area contributed by atoms with E-state index < -0.39 is 0 Å². The zero-order valence-corrected chi connectivity index (χ0v) is 17.9. The molecule has 3 rings (SSSR count). The molecule has 1 N–H and O–H groups in total. The number of aromatic nitrogens is 1. The molecule has 0 unspecified atom stereocenters. The third kappa shape index (κ3) is 4.55. The Labute approximate surface area is 177 Å². The first-order valence-electron chi connectivity index (χ1n) is 9.02. The van der Waals surface area contributed by atoms with Crippen LogP contribution in [0.15, 0.2) is 47.3 Å². The summed E-state index contributed by atoms with van der Waals surface area (Å²) in [6, 6.07) is 12.5. The third-order valence-corrected chi connectivity index (χ3v) is 5.52. The lowest BCUT2D eigenvalue weighted by Crippen LogP contribution is -2.29. The SMILES string of the molecule is COc1ccc(/C=c2/s/c(=C\C(=O)Nc3ccccc3OC)n(C)c2=O)c(OC)c1. The van der Waals surface area contributed by atoms with E-state index in [9.17, 15) is 9.59 Å². The lowest BCUT2D eigenvalue weighted by molar-refractivity contribution is -0.110. The minimum atomic E-state index is -0.357. The summed E-state index contributed by atoms with van der Waals surface area (Å²) >= 11 is 1.22. The molecule has 0 bridgehead atoms. The summed E-state index contributed by atoms with van der Waals surface area (Å²) in [6.07, 6.45) is 3.13. The standard InChI is InChI=1S/C22H22N2O5S/c1-24-21(13-20(25)23-16-7-5-6-8-17(16)28-3)30-19(22(24)26)11-14-9-10-15(27-2)12-18(14)29-4/h5-13H,1-4H3,(H,23,25)/b19-11+,21-13-. The molecular formula is C22H22N2O5S. The van der Waals surface area contributed by atoms with E-state index in [0.717, 1.165) is 5.56 Å². The van der Waals surface area contributed by atoms with Crippen LogP contribution >= 0.6 is 11.3 Å². The largest absolute Gasteiger partial charge is 0.497 e. The number of carbonyl (C=O) groups is 1. The molecule has 0 spiro atoms. The van der Waals surface area contributed by atoms with Gasteiger partial charge < -0.3 is 24.1 Å². The number of ether oxygens (including phenoxy) is 3.